The minimum absolute atomic E-state index is 0.0764. The van der Waals surface area contributed by atoms with Gasteiger partial charge in [-0.2, -0.15) is 0 Å². The van der Waals surface area contributed by atoms with Gasteiger partial charge in [-0.25, -0.2) is 8.78 Å². The van der Waals surface area contributed by atoms with Crippen molar-refractivity contribution in [3.63, 3.8) is 0 Å². The van der Waals surface area contributed by atoms with E-state index in [1.165, 1.54) is 18.2 Å². The summed E-state index contributed by atoms with van der Waals surface area (Å²) in [5.41, 5.74) is -1.39. The number of carbonyl (C=O) groups is 1. The van der Waals surface area contributed by atoms with Gasteiger partial charge in [0.15, 0.2) is 0 Å². The van der Waals surface area contributed by atoms with E-state index in [0.717, 1.165) is 13.3 Å². The van der Waals surface area contributed by atoms with Crippen LogP contribution in [0.3, 0.4) is 0 Å². The second-order valence-corrected chi connectivity index (χ2v) is 5.20. The normalized spacial score (nSPS) is 18.2. The van der Waals surface area contributed by atoms with E-state index in [1.807, 2.05) is 0 Å². The Morgan fingerprint density at radius 1 is 1.44 bits per heavy atom. The number of aliphatic carboxylic acids is 1. The lowest BCUT2D eigenvalue weighted by atomic mass is 9.63. The summed E-state index contributed by atoms with van der Waals surface area (Å²) in [6, 6.07) is 4.34. The van der Waals surface area contributed by atoms with Gasteiger partial charge >= 0.3 is 5.97 Å². The van der Waals surface area contributed by atoms with Gasteiger partial charge in [0, 0.05) is 12.5 Å². The van der Waals surface area contributed by atoms with Crippen molar-refractivity contribution in [1.29, 1.82) is 0 Å². The van der Waals surface area contributed by atoms with Crippen LogP contribution in [0.25, 0.3) is 0 Å². The molecule has 0 unspecified atom stereocenters. The quantitative estimate of drug-likeness (QED) is 0.906. The SMILES string of the molecule is CC(F)(F)c1c(Cl)cccc1C1(C(=O)O)CCC1. The third-order valence-corrected chi connectivity index (χ3v) is 3.90. The fourth-order valence-corrected chi connectivity index (χ4v) is 2.84. The third kappa shape index (κ3) is 1.88. The first-order valence-corrected chi connectivity index (χ1v) is 6.07. The predicted molar refractivity (Wildman–Crippen MR) is 64.2 cm³/mol. The van der Waals surface area contributed by atoms with E-state index >= 15 is 0 Å². The summed E-state index contributed by atoms with van der Waals surface area (Å²) >= 11 is 5.83. The molecular formula is C13H13ClF2O2. The van der Waals surface area contributed by atoms with Gasteiger partial charge in [-0.1, -0.05) is 30.2 Å². The maximum Gasteiger partial charge on any atom is 0.314 e. The van der Waals surface area contributed by atoms with Gasteiger partial charge in [0.25, 0.3) is 5.92 Å². The molecule has 1 fully saturated rings. The highest BCUT2D eigenvalue weighted by molar-refractivity contribution is 6.31. The molecule has 0 radical (unpaired) electrons. The highest BCUT2D eigenvalue weighted by Crippen LogP contribution is 2.49. The number of halogens is 3. The number of hydrogen-bond acceptors (Lipinski definition) is 1. The fourth-order valence-electron chi connectivity index (χ4n) is 2.50. The molecule has 2 rings (SSSR count). The first kappa shape index (κ1) is 13.3. The van der Waals surface area contributed by atoms with Gasteiger partial charge in [-0.15, -0.1) is 0 Å². The zero-order chi connectivity index (χ0) is 13.6. The number of alkyl halides is 2. The molecule has 1 aromatic carbocycles. The Kier molecular flexibility index (Phi) is 3.09. The molecule has 1 N–H and O–H groups in total. The van der Waals surface area contributed by atoms with Gasteiger partial charge in [0.2, 0.25) is 0 Å². The average Bonchev–Trinajstić information content (AvgIpc) is 2.12. The molecule has 1 aliphatic carbocycles. The van der Waals surface area contributed by atoms with E-state index in [-0.39, 0.29) is 16.1 Å². The Balaban J connectivity index is 2.65. The van der Waals surface area contributed by atoms with E-state index in [1.54, 1.807) is 0 Å². The molecule has 2 nitrogen and oxygen atoms in total. The largest absolute Gasteiger partial charge is 0.481 e. The van der Waals surface area contributed by atoms with Crippen molar-refractivity contribution in [2.45, 2.75) is 37.5 Å². The minimum atomic E-state index is -3.15. The number of carboxylic acids is 1. The van der Waals surface area contributed by atoms with Crippen LogP contribution in [-0.2, 0) is 16.1 Å². The highest BCUT2D eigenvalue weighted by atomic mass is 35.5. The standard InChI is InChI=1S/C13H13ClF2O2/c1-12(15,16)10-8(4-2-5-9(10)14)13(11(17)18)6-3-7-13/h2,4-5H,3,6-7H2,1H3,(H,17,18). The van der Waals surface area contributed by atoms with E-state index < -0.39 is 17.3 Å². The Labute approximate surface area is 109 Å². The van der Waals surface area contributed by atoms with Crippen molar-refractivity contribution < 1.29 is 18.7 Å². The molecule has 1 aromatic rings. The molecule has 98 valence electrons. The number of rotatable bonds is 3. The van der Waals surface area contributed by atoms with E-state index in [0.29, 0.717) is 12.8 Å². The average molecular weight is 275 g/mol. The van der Waals surface area contributed by atoms with Crippen LogP contribution in [0.15, 0.2) is 18.2 Å². The maximum atomic E-state index is 13.7. The van der Waals surface area contributed by atoms with Crippen LogP contribution in [-0.4, -0.2) is 11.1 Å². The van der Waals surface area contributed by atoms with Crippen LogP contribution >= 0.6 is 11.6 Å². The summed E-state index contributed by atoms with van der Waals surface area (Å²) in [7, 11) is 0. The van der Waals surface area contributed by atoms with E-state index in [4.69, 9.17) is 11.6 Å². The zero-order valence-electron chi connectivity index (χ0n) is 9.84. The monoisotopic (exact) mass is 274 g/mol. The zero-order valence-corrected chi connectivity index (χ0v) is 10.6. The molecule has 5 heteroatoms. The Hall–Kier alpha value is -1.16. The smallest absolute Gasteiger partial charge is 0.314 e. The van der Waals surface area contributed by atoms with Crippen molar-refractivity contribution in [1.82, 2.24) is 0 Å². The molecule has 1 aliphatic rings. The van der Waals surface area contributed by atoms with Crippen LogP contribution in [0, 0.1) is 0 Å². The summed E-state index contributed by atoms with van der Waals surface area (Å²) in [6.07, 6.45) is 1.49. The van der Waals surface area contributed by atoms with Crippen LogP contribution in [0.2, 0.25) is 5.02 Å². The topological polar surface area (TPSA) is 37.3 Å². The van der Waals surface area contributed by atoms with Crippen LogP contribution < -0.4 is 0 Å². The summed E-state index contributed by atoms with van der Waals surface area (Å²) in [6.45, 7) is 0.742. The number of hydrogen-bond donors (Lipinski definition) is 1. The van der Waals surface area contributed by atoms with Crippen molar-refractivity contribution in [3.8, 4) is 0 Å². The first-order valence-electron chi connectivity index (χ1n) is 5.70. The third-order valence-electron chi connectivity index (χ3n) is 3.58. The van der Waals surface area contributed by atoms with Gasteiger partial charge < -0.3 is 5.11 Å². The maximum absolute atomic E-state index is 13.7. The van der Waals surface area contributed by atoms with Crippen LogP contribution in [0.4, 0.5) is 8.78 Å². The van der Waals surface area contributed by atoms with E-state index in [2.05, 4.69) is 0 Å². The highest BCUT2D eigenvalue weighted by Gasteiger charge is 2.49. The van der Waals surface area contributed by atoms with Gasteiger partial charge in [-0.3, -0.25) is 4.79 Å². The lowest BCUT2D eigenvalue weighted by molar-refractivity contribution is -0.147. The van der Waals surface area contributed by atoms with Crippen molar-refractivity contribution in [3.05, 3.63) is 34.3 Å². The Bertz CT molecular complexity index is 490. The molecule has 0 amide bonds. The van der Waals surface area contributed by atoms with Crippen LogP contribution in [0.1, 0.15) is 37.3 Å². The molecule has 0 atom stereocenters. The summed E-state index contributed by atoms with van der Waals surface area (Å²) < 4.78 is 27.3. The van der Waals surface area contributed by atoms with Crippen LogP contribution in [0.5, 0.6) is 0 Å². The molecule has 18 heavy (non-hydrogen) atoms. The lowest BCUT2D eigenvalue weighted by Crippen LogP contribution is -2.43. The summed E-state index contributed by atoms with van der Waals surface area (Å²) in [5.74, 6) is -4.20. The molecule has 0 heterocycles. The minimum Gasteiger partial charge on any atom is -0.481 e. The number of carboxylic acid groups (broad SMARTS) is 1. The van der Waals surface area contributed by atoms with Gasteiger partial charge in [0.1, 0.15) is 0 Å². The Morgan fingerprint density at radius 3 is 2.44 bits per heavy atom. The van der Waals surface area contributed by atoms with Crippen molar-refractivity contribution >= 4 is 17.6 Å². The second-order valence-electron chi connectivity index (χ2n) is 4.79. The summed E-state index contributed by atoms with van der Waals surface area (Å²) in [5, 5.41) is 9.25. The number of benzene rings is 1. The molecule has 0 aliphatic heterocycles. The molecule has 0 aromatic heterocycles. The fraction of sp³-hybridized carbons (Fsp3) is 0.462. The second kappa shape index (κ2) is 4.19. The summed E-state index contributed by atoms with van der Waals surface area (Å²) in [4.78, 5) is 11.4. The van der Waals surface area contributed by atoms with Gasteiger partial charge in [0.05, 0.1) is 10.4 Å². The Morgan fingerprint density at radius 2 is 2.06 bits per heavy atom. The van der Waals surface area contributed by atoms with E-state index in [9.17, 15) is 18.7 Å². The van der Waals surface area contributed by atoms with Gasteiger partial charge in [-0.05, 0) is 24.5 Å². The first-order chi connectivity index (χ1) is 8.29. The predicted octanol–water partition coefficient (Wildman–Crippen LogP) is 3.96. The molecule has 0 spiro atoms. The molecular weight excluding hydrogens is 262 g/mol. The lowest BCUT2D eigenvalue weighted by Gasteiger charge is -2.40. The molecule has 1 saturated carbocycles. The van der Waals surface area contributed by atoms with Crippen molar-refractivity contribution in [2.24, 2.45) is 0 Å². The molecule has 0 saturated heterocycles. The van der Waals surface area contributed by atoms with Crippen molar-refractivity contribution in [2.75, 3.05) is 0 Å². The molecule has 0 bridgehead atoms.